The smallest absolute Gasteiger partial charge is 0.119 e. The average Bonchev–Trinajstić information content (AvgIpc) is 2.70. The van der Waals surface area contributed by atoms with Gasteiger partial charge < -0.3 is 15.0 Å². The number of rotatable bonds is 2. The van der Waals surface area contributed by atoms with E-state index in [0.29, 0.717) is 12.2 Å². The Kier molecular flexibility index (Phi) is 2.80. The lowest BCUT2D eigenvalue weighted by Gasteiger charge is -2.13. The Labute approximate surface area is 106 Å². The van der Waals surface area contributed by atoms with Crippen LogP contribution in [0.15, 0.2) is 24.3 Å². The largest absolute Gasteiger partial charge is 0.508 e. The van der Waals surface area contributed by atoms with Crippen molar-refractivity contribution in [2.24, 2.45) is 7.05 Å². The molecule has 2 N–H and O–H groups in total. The Bertz CT molecular complexity index is 574. The molecule has 0 aliphatic carbocycles. The molecule has 2 heterocycles. The number of nitrogens with one attached hydrogen (secondary N) is 1. The molecule has 0 unspecified atom stereocenters. The van der Waals surface area contributed by atoms with Gasteiger partial charge in [-0.25, -0.2) is 4.98 Å². The molecule has 0 bridgehead atoms. The number of fused-ring (bicyclic) bond motifs is 1. The van der Waals surface area contributed by atoms with Crippen LogP contribution >= 0.6 is 0 Å². The quantitative estimate of drug-likeness (QED) is 0.837. The Morgan fingerprint density at radius 2 is 2.22 bits per heavy atom. The van der Waals surface area contributed by atoms with Crippen molar-refractivity contribution in [2.45, 2.75) is 19.4 Å². The van der Waals surface area contributed by atoms with Crippen LogP contribution in [0.2, 0.25) is 0 Å². The van der Waals surface area contributed by atoms with Crippen LogP contribution in [0.3, 0.4) is 0 Å². The van der Waals surface area contributed by atoms with E-state index in [1.54, 1.807) is 6.07 Å². The number of hydrogen-bond acceptors (Lipinski definition) is 3. The van der Waals surface area contributed by atoms with E-state index in [-0.39, 0.29) is 0 Å². The summed E-state index contributed by atoms with van der Waals surface area (Å²) in [5, 5.41) is 13.1. The normalized spacial score (nSPS) is 14.5. The van der Waals surface area contributed by atoms with E-state index in [4.69, 9.17) is 0 Å². The van der Waals surface area contributed by atoms with Crippen molar-refractivity contribution in [2.75, 3.05) is 6.54 Å². The summed E-state index contributed by atoms with van der Waals surface area (Å²) in [6.45, 7) is 1.87. The number of nitrogens with zero attached hydrogens (tertiary/aromatic N) is 2. The van der Waals surface area contributed by atoms with Gasteiger partial charge in [0.25, 0.3) is 0 Å². The molecule has 0 atom stereocenters. The fraction of sp³-hybridized carbons (Fsp3) is 0.357. The van der Waals surface area contributed by atoms with Crippen LogP contribution in [0.25, 0.3) is 0 Å². The lowest BCUT2D eigenvalue weighted by Crippen LogP contribution is -2.24. The molecule has 4 nitrogen and oxygen atoms in total. The van der Waals surface area contributed by atoms with E-state index in [2.05, 4.69) is 21.9 Å². The minimum atomic E-state index is 0.344. The van der Waals surface area contributed by atoms with Crippen molar-refractivity contribution in [3.63, 3.8) is 0 Å². The molecule has 0 fully saturated rings. The van der Waals surface area contributed by atoms with Gasteiger partial charge >= 0.3 is 0 Å². The van der Waals surface area contributed by atoms with Crippen molar-refractivity contribution >= 4 is 0 Å². The summed E-state index contributed by atoms with van der Waals surface area (Å²) in [5.41, 5.74) is 3.39. The van der Waals surface area contributed by atoms with Crippen molar-refractivity contribution in [1.82, 2.24) is 14.9 Å². The zero-order valence-electron chi connectivity index (χ0n) is 10.5. The molecule has 1 aromatic heterocycles. The zero-order chi connectivity index (χ0) is 12.5. The molecule has 1 aromatic carbocycles. The third-order valence-corrected chi connectivity index (χ3v) is 3.56. The van der Waals surface area contributed by atoms with Crippen molar-refractivity contribution < 1.29 is 5.11 Å². The number of aromatic hydroxyl groups is 1. The van der Waals surface area contributed by atoms with Gasteiger partial charge in [-0.3, -0.25) is 0 Å². The molecule has 0 saturated carbocycles. The first-order chi connectivity index (χ1) is 8.75. The Balaban J connectivity index is 1.94. The van der Waals surface area contributed by atoms with E-state index in [9.17, 15) is 5.11 Å². The Morgan fingerprint density at radius 3 is 3.00 bits per heavy atom. The minimum Gasteiger partial charge on any atom is -0.508 e. The number of hydrogen-bond donors (Lipinski definition) is 2. The molecule has 1 aliphatic heterocycles. The number of imidazole rings is 1. The second-order valence-corrected chi connectivity index (χ2v) is 4.71. The highest BCUT2D eigenvalue weighted by molar-refractivity contribution is 5.35. The topological polar surface area (TPSA) is 50.1 Å². The number of aromatic nitrogens is 2. The fourth-order valence-electron chi connectivity index (χ4n) is 2.50. The highest BCUT2D eigenvalue weighted by Gasteiger charge is 2.18. The lowest BCUT2D eigenvalue weighted by molar-refractivity contribution is 0.468. The maximum Gasteiger partial charge on any atom is 0.119 e. The molecule has 0 radical (unpaired) electrons. The van der Waals surface area contributed by atoms with Gasteiger partial charge in [0.15, 0.2) is 0 Å². The van der Waals surface area contributed by atoms with Crippen molar-refractivity contribution in [3.8, 4) is 5.75 Å². The highest BCUT2D eigenvalue weighted by atomic mass is 16.3. The summed E-state index contributed by atoms with van der Waals surface area (Å²) < 4.78 is 2.17. The maximum atomic E-state index is 9.82. The summed E-state index contributed by atoms with van der Waals surface area (Å²) in [6.07, 6.45) is 1.70. The van der Waals surface area contributed by atoms with Crippen LogP contribution in [0, 0.1) is 0 Å². The summed E-state index contributed by atoms with van der Waals surface area (Å²) in [4.78, 5) is 4.68. The molecule has 1 aliphatic rings. The van der Waals surface area contributed by atoms with E-state index in [1.807, 2.05) is 18.2 Å². The Hall–Kier alpha value is -1.81. The van der Waals surface area contributed by atoms with Crippen LogP contribution in [-0.2, 0) is 26.4 Å². The van der Waals surface area contributed by atoms with Crippen LogP contribution in [0.1, 0.15) is 22.8 Å². The van der Waals surface area contributed by atoms with Gasteiger partial charge in [-0.1, -0.05) is 18.2 Å². The summed E-state index contributed by atoms with van der Waals surface area (Å²) >= 11 is 0. The number of phenolic OH excluding ortho intramolecular Hbond substituents is 1. The SMILES string of the molecule is Cn1c(Cc2ccccc2O)nc2c1CCNC2. The summed E-state index contributed by atoms with van der Waals surface area (Å²) in [6, 6.07) is 7.45. The molecular weight excluding hydrogens is 226 g/mol. The van der Waals surface area contributed by atoms with Crippen LogP contribution in [-0.4, -0.2) is 21.2 Å². The molecular formula is C14H17N3O. The van der Waals surface area contributed by atoms with Gasteiger partial charge in [-0.15, -0.1) is 0 Å². The van der Waals surface area contributed by atoms with E-state index in [0.717, 1.165) is 36.6 Å². The van der Waals surface area contributed by atoms with Gasteiger partial charge in [-0.05, 0) is 6.07 Å². The molecule has 0 spiro atoms. The molecule has 0 saturated heterocycles. The average molecular weight is 243 g/mol. The van der Waals surface area contributed by atoms with Crippen LogP contribution in [0.5, 0.6) is 5.75 Å². The molecule has 0 amide bonds. The molecule has 3 rings (SSSR count). The predicted molar refractivity (Wildman–Crippen MR) is 69.5 cm³/mol. The number of phenols is 1. The number of para-hydroxylation sites is 1. The molecule has 94 valence electrons. The monoisotopic (exact) mass is 243 g/mol. The highest BCUT2D eigenvalue weighted by Crippen LogP contribution is 2.21. The third-order valence-electron chi connectivity index (χ3n) is 3.56. The van der Waals surface area contributed by atoms with E-state index >= 15 is 0 Å². The third kappa shape index (κ3) is 1.88. The number of benzene rings is 1. The standard InChI is InChI=1S/C14H17N3O/c1-17-12-6-7-15-9-11(12)16-14(17)8-10-4-2-3-5-13(10)18/h2-5,15,18H,6-9H2,1H3. The predicted octanol–water partition coefficient (Wildman–Crippen LogP) is 1.36. The van der Waals surface area contributed by atoms with Gasteiger partial charge in [0.1, 0.15) is 11.6 Å². The second kappa shape index (κ2) is 4.46. The first kappa shape index (κ1) is 11.3. The zero-order valence-corrected chi connectivity index (χ0v) is 10.5. The van der Waals surface area contributed by atoms with E-state index in [1.165, 1.54) is 5.69 Å². The molecule has 18 heavy (non-hydrogen) atoms. The molecule has 4 heteroatoms. The van der Waals surface area contributed by atoms with Gasteiger partial charge in [-0.2, -0.15) is 0 Å². The van der Waals surface area contributed by atoms with Crippen LogP contribution in [0.4, 0.5) is 0 Å². The summed E-state index contributed by atoms with van der Waals surface area (Å²) in [5.74, 6) is 1.36. The fourth-order valence-corrected chi connectivity index (χ4v) is 2.50. The first-order valence-electron chi connectivity index (χ1n) is 6.26. The van der Waals surface area contributed by atoms with Gasteiger partial charge in [0, 0.05) is 44.2 Å². The van der Waals surface area contributed by atoms with E-state index < -0.39 is 0 Å². The van der Waals surface area contributed by atoms with Crippen molar-refractivity contribution in [1.29, 1.82) is 0 Å². The van der Waals surface area contributed by atoms with Crippen LogP contribution < -0.4 is 5.32 Å². The van der Waals surface area contributed by atoms with Gasteiger partial charge in [0.2, 0.25) is 0 Å². The second-order valence-electron chi connectivity index (χ2n) is 4.71. The van der Waals surface area contributed by atoms with Gasteiger partial charge in [0.05, 0.1) is 5.69 Å². The van der Waals surface area contributed by atoms with Crippen molar-refractivity contribution in [3.05, 3.63) is 47.0 Å². The first-order valence-corrected chi connectivity index (χ1v) is 6.26. The molecule has 2 aromatic rings. The lowest BCUT2D eigenvalue weighted by atomic mass is 10.1. The Morgan fingerprint density at radius 1 is 1.39 bits per heavy atom. The minimum absolute atomic E-state index is 0.344. The maximum absolute atomic E-state index is 9.82. The summed E-state index contributed by atoms with van der Waals surface area (Å²) in [7, 11) is 2.06.